The summed E-state index contributed by atoms with van der Waals surface area (Å²) in [4.78, 5) is 0. The Morgan fingerprint density at radius 2 is 2.08 bits per heavy atom. The second-order valence-electron chi connectivity index (χ2n) is 3.58. The van der Waals surface area contributed by atoms with Crippen LogP contribution in [0.4, 0.5) is 8.78 Å². The van der Waals surface area contributed by atoms with E-state index in [0.717, 1.165) is 6.42 Å². The smallest absolute Gasteiger partial charge is 0.288 e. The highest BCUT2D eigenvalue weighted by Crippen LogP contribution is 2.43. The first-order chi connectivity index (χ1) is 5.66. The summed E-state index contributed by atoms with van der Waals surface area (Å²) in [5.41, 5.74) is -1.13. The summed E-state index contributed by atoms with van der Waals surface area (Å²) in [5, 5.41) is 2.70. The maximum absolute atomic E-state index is 13.4. The number of nitrogens with one attached hydrogen (secondary N) is 1. The monoisotopic (exact) mass is 177 g/mol. The third-order valence-corrected chi connectivity index (χ3v) is 2.82. The van der Waals surface area contributed by atoms with Gasteiger partial charge < -0.3 is 10.1 Å². The van der Waals surface area contributed by atoms with Gasteiger partial charge in [0.1, 0.15) is 5.60 Å². The summed E-state index contributed by atoms with van der Waals surface area (Å²) in [7, 11) is 0. The van der Waals surface area contributed by atoms with Crippen molar-refractivity contribution in [1.82, 2.24) is 5.32 Å². The van der Waals surface area contributed by atoms with Crippen LogP contribution in [0.25, 0.3) is 0 Å². The molecule has 1 unspecified atom stereocenters. The lowest BCUT2D eigenvalue weighted by atomic mass is 9.86. The quantitative estimate of drug-likeness (QED) is 0.599. The van der Waals surface area contributed by atoms with Gasteiger partial charge in [-0.1, -0.05) is 0 Å². The van der Waals surface area contributed by atoms with E-state index in [4.69, 9.17) is 4.74 Å². The Kier molecular flexibility index (Phi) is 1.84. The third kappa shape index (κ3) is 1.05. The van der Waals surface area contributed by atoms with Gasteiger partial charge in [-0.25, -0.2) is 8.78 Å². The van der Waals surface area contributed by atoms with Crippen molar-refractivity contribution in [3.63, 3.8) is 0 Å². The van der Waals surface area contributed by atoms with Crippen LogP contribution in [0.3, 0.4) is 0 Å². The van der Waals surface area contributed by atoms with Crippen LogP contribution in [0, 0.1) is 0 Å². The standard InChI is InChI=1S/C8H13F2NO/c9-8(10)6-11-4-3-7(8)2-1-5-12-7/h11H,1-6H2. The van der Waals surface area contributed by atoms with Crippen molar-refractivity contribution in [1.29, 1.82) is 0 Å². The van der Waals surface area contributed by atoms with Gasteiger partial charge in [0, 0.05) is 6.61 Å². The van der Waals surface area contributed by atoms with E-state index in [0.29, 0.717) is 26.0 Å². The van der Waals surface area contributed by atoms with E-state index in [9.17, 15) is 8.78 Å². The number of alkyl halides is 2. The Labute approximate surface area is 70.3 Å². The molecule has 0 radical (unpaired) electrons. The molecule has 2 fully saturated rings. The topological polar surface area (TPSA) is 21.3 Å². The number of hydrogen-bond donors (Lipinski definition) is 1. The van der Waals surface area contributed by atoms with E-state index >= 15 is 0 Å². The zero-order valence-corrected chi connectivity index (χ0v) is 6.91. The molecule has 70 valence electrons. The molecule has 0 amide bonds. The molecule has 2 heterocycles. The Morgan fingerprint density at radius 3 is 2.67 bits per heavy atom. The molecule has 0 aliphatic carbocycles. The van der Waals surface area contributed by atoms with Crippen LogP contribution in [-0.2, 0) is 4.74 Å². The van der Waals surface area contributed by atoms with Gasteiger partial charge in [-0.05, 0) is 25.8 Å². The molecule has 1 N–H and O–H groups in total. The van der Waals surface area contributed by atoms with E-state index in [1.165, 1.54) is 0 Å². The summed E-state index contributed by atoms with van der Waals surface area (Å²) in [6, 6.07) is 0. The minimum atomic E-state index is -2.68. The van der Waals surface area contributed by atoms with Crippen LogP contribution in [0.1, 0.15) is 19.3 Å². The normalized spacial score (nSPS) is 40.5. The maximum Gasteiger partial charge on any atom is 0.288 e. The molecule has 0 aromatic rings. The fraction of sp³-hybridized carbons (Fsp3) is 1.00. The third-order valence-electron chi connectivity index (χ3n) is 2.82. The van der Waals surface area contributed by atoms with Gasteiger partial charge in [0.15, 0.2) is 0 Å². The van der Waals surface area contributed by atoms with Crippen LogP contribution in [0.5, 0.6) is 0 Å². The molecular weight excluding hydrogens is 164 g/mol. The van der Waals surface area contributed by atoms with Gasteiger partial charge in [-0.15, -0.1) is 0 Å². The summed E-state index contributed by atoms with van der Waals surface area (Å²) in [6.07, 6.45) is 1.73. The van der Waals surface area contributed by atoms with E-state index in [1.54, 1.807) is 0 Å². The summed E-state index contributed by atoms with van der Waals surface area (Å²) < 4.78 is 32.0. The lowest BCUT2D eigenvalue weighted by Gasteiger charge is -2.40. The molecule has 2 aliphatic rings. The summed E-state index contributed by atoms with van der Waals surface area (Å²) >= 11 is 0. The van der Waals surface area contributed by atoms with E-state index < -0.39 is 11.5 Å². The van der Waals surface area contributed by atoms with Gasteiger partial charge >= 0.3 is 0 Å². The lowest BCUT2D eigenvalue weighted by Crippen LogP contribution is -2.58. The number of ether oxygens (including phenoxy) is 1. The van der Waals surface area contributed by atoms with Crippen molar-refractivity contribution < 1.29 is 13.5 Å². The fourth-order valence-corrected chi connectivity index (χ4v) is 2.06. The predicted octanol–water partition coefficient (Wildman–Crippen LogP) is 1.16. The zero-order chi connectivity index (χ0) is 8.66. The molecule has 1 atom stereocenters. The van der Waals surface area contributed by atoms with Crippen molar-refractivity contribution in [3.05, 3.63) is 0 Å². The minimum Gasteiger partial charge on any atom is -0.369 e. The SMILES string of the molecule is FC1(F)CNCCC12CCCO2. The number of hydrogen-bond acceptors (Lipinski definition) is 2. The van der Waals surface area contributed by atoms with Gasteiger partial charge in [-0.2, -0.15) is 0 Å². The molecule has 2 rings (SSSR count). The highest BCUT2D eigenvalue weighted by Gasteiger charge is 2.57. The Bertz CT molecular complexity index is 178. The Morgan fingerprint density at radius 1 is 1.25 bits per heavy atom. The summed E-state index contributed by atoms with van der Waals surface area (Å²) in [6.45, 7) is 0.915. The largest absolute Gasteiger partial charge is 0.369 e. The Hall–Kier alpha value is -0.220. The second kappa shape index (κ2) is 2.64. The van der Waals surface area contributed by atoms with Crippen LogP contribution in [0.15, 0.2) is 0 Å². The first-order valence-corrected chi connectivity index (χ1v) is 4.39. The molecule has 2 saturated heterocycles. The van der Waals surface area contributed by atoms with Gasteiger partial charge in [0.25, 0.3) is 5.92 Å². The number of piperidine rings is 1. The van der Waals surface area contributed by atoms with Crippen LogP contribution in [0.2, 0.25) is 0 Å². The molecular formula is C8H13F2NO. The predicted molar refractivity (Wildman–Crippen MR) is 40.4 cm³/mol. The maximum atomic E-state index is 13.4. The molecule has 0 saturated carbocycles. The minimum absolute atomic E-state index is 0.229. The fourth-order valence-electron chi connectivity index (χ4n) is 2.06. The molecule has 0 aromatic heterocycles. The first kappa shape index (κ1) is 8.38. The van der Waals surface area contributed by atoms with Gasteiger partial charge in [-0.3, -0.25) is 0 Å². The van der Waals surface area contributed by atoms with Crippen molar-refractivity contribution in [2.45, 2.75) is 30.8 Å². The zero-order valence-electron chi connectivity index (χ0n) is 6.91. The highest BCUT2D eigenvalue weighted by atomic mass is 19.3. The Balaban J connectivity index is 2.19. The molecule has 12 heavy (non-hydrogen) atoms. The van der Waals surface area contributed by atoms with E-state index in [2.05, 4.69) is 5.32 Å². The first-order valence-electron chi connectivity index (χ1n) is 4.39. The van der Waals surface area contributed by atoms with Crippen molar-refractivity contribution in [2.24, 2.45) is 0 Å². The number of halogens is 2. The average molecular weight is 177 g/mol. The molecule has 1 spiro atoms. The van der Waals surface area contributed by atoms with Crippen LogP contribution < -0.4 is 5.32 Å². The molecule has 4 heteroatoms. The molecule has 2 aliphatic heterocycles. The van der Waals surface area contributed by atoms with Crippen LogP contribution in [-0.4, -0.2) is 31.2 Å². The van der Waals surface area contributed by atoms with E-state index in [1.807, 2.05) is 0 Å². The molecule has 0 bridgehead atoms. The lowest BCUT2D eigenvalue weighted by molar-refractivity contribution is -0.198. The van der Waals surface area contributed by atoms with Crippen molar-refractivity contribution in [3.8, 4) is 0 Å². The summed E-state index contributed by atoms with van der Waals surface area (Å²) in [5.74, 6) is -2.68. The highest BCUT2D eigenvalue weighted by molar-refractivity contribution is 5.01. The second-order valence-corrected chi connectivity index (χ2v) is 3.58. The van der Waals surface area contributed by atoms with Crippen molar-refractivity contribution >= 4 is 0 Å². The van der Waals surface area contributed by atoms with E-state index in [-0.39, 0.29) is 6.54 Å². The average Bonchev–Trinajstić information content (AvgIpc) is 2.46. The van der Waals surface area contributed by atoms with Gasteiger partial charge in [0.2, 0.25) is 0 Å². The number of rotatable bonds is 0. The van der Waals surface area contributed by atoms with Crippen molar-refractivity contribution in [2.75, 3.05) is 19.7 Å². The molecule has 2 nitrogen and oxygen atoms in total. The van der Waals surface area contributed by atoms with Gasteiger partial charge in [0.05, 0.1) is 6.54 Å². The molecule has 0 aromatic carbocycles. The van der Waals surface area contributed by atoms with Crippen LogP contribution >= 0.6 is 0 Å².